The van der Waals surface area contributed by atoms with E-state index in [1.807, 2.05) is 30.3 Å². The van der Waals surface area contributed by atoms with E-state index in [1.165, 1.54) is 0 Å². The zero-order chi connectivity index (χ0) is 14.7. The van der Waals surface area contributed by atoms with Gasteiger partial charge in [0.05, 0.1) is 21.6 Å². The van der Waals surface area contributed by atoms with Crippen LogP contribution in [0.1, 0.15) is 31.2 Å². The fourth-order valence-electron chi connectivity index (χ4n) is 3.97. The number of para-hydroxylation sites is 1. The summed E-state index contributed by atoms with van der Waals surface area (Å²) in [7, 11) is -3.04. The minimum atomic E-state index is -3.04. The first-order valence-corrected chi connectivity index (χ1v) is 8.91. The number of sulfone groups is 1. The van der Waals surface area contributed by atoms with Crippen molar-refractivity contribution in [1.82, 2.24) is 4.98 Å². The summed E-state index contributed by atoms with van der Waals surface area (Å²) in [6.45, 7) is 0. The highest BCUT2D eigenvalue weighted by molar-refractivity contribution is 7.93. The number of rotatable bonds is 1. The third-order valence-electron chi connectivity index (χ3n) is 5.02. The lowest BCUT2D eigenvalue weighted by atomic mass is 9.84. The number of fused-ring (bicyclic) bond motifs is 3. The number of aliphatic hydroxyl groups is 1. The SMILES string of the molecule is O=S1(=O)C2CCC1CC(O)(c1ccnc3ccccc13)C2. The van der Waals surface area contributed by atoms with Crippen LogP contribution in [0.2, 0.25) is 0 Å². The molecule has 0 aliphatic carbocycles. The van der Waals surface area contributed by atoms with E-state index >= 15 is 0 Å². The van der Waals surface area contributed by atoms with E-state index in [-0.39, 0.29) is 0 Å². The monoisotopic (exact) mass is 303 g/mol. The molecule has 0 radical (unpaired) electrons. The maximum Gasteiger partial charge on any atom is 0.156 e. The van der Waals surface area contributed by atoms with Gasteiger partial charge in [-0.05, 0) is 43.4 Å². The second-order valence-corrected chi connectivity index (χ2v) is 8.74. The van der Waals surface area contributed by atoms with E-state index in [1.54, 1.807) is 6.20 Å². The molecule has 0 spiro atoms. The average Bonchev–Trinajstić information content (AvgIpc) is 2.66. The molecule has 3 heterocycles. The molecule has 21 heavy (non-hydrogen) atoms. The van der Waals surface area contributed by atoms with Crippen LogP contribution in [0, 0.1) is 0 Å². The Morgan fingerprint density at radius 1 is 1.10 bits per heavy atom. The van der Waals surface area contributed by atoms with E-state index < -0.39 is 25.9 Å². The van der Waals surface area contributed by atoms with Crippen LogP contribution in [-0.2, 0) is 15.4 Å². The molecule has 4 rings (SSSR count). The number of nitrogens with zero attached hydrogens (tertiary/aromatic N) is 1. The molecule has 110 valence electrons. The smallest absolute Gasteiger partial charge is 0.156 e. The first-order valence-electron chi connectivity index (χ1n) is 7.30. The number of benzene rings is 1. The van der Waals surface area contributed by atoms with Crippen molar-refractivity contribution in [3.63, 3.8) is 0 Å². The van der Waals surface area contributed by atoms with E-state index in [0.717, 1.165) is 16.5 Å². The third-order valence-corrected chi connectivity index (χ3v) is 7.68. The van der Waals surface area contributed by atoms with Crippen LogP contribution >= 0.6 is 0 Å². The second kappa shape index (κ2) is 4.27. The van der Waals surface area contributed by atoms with Gasteiger partial charge in [-0.1, -0.05) is 18.2 Å². The minimum Gasteiger partial charge on any atom is -0.385 e. The molecular weight excluding hydrogens is 286 g/mol. The van der Waals surface area contributed by atoms with Gasteiger partial charge in [0.25, 0.3) is 0 Å². The molecule has 1 aromatic carbocycles. The van der Waals surface area contributed by atoms with Crippen molar-refractivity contribution >= 4 is 20.7 Å². The van der Waals surface area contributed by atoms with Crippen molar-refractivity contribution in [3.8, 4) is 0 Å². The van der Waals surface area contributed by atoms with Gasteiger partial charge in [-0.25, -0.2) is 8.42 Å². The molecule has 2 unspecified atom stereocenters. The molecule has 2 aliphatic heterocycles. The van der Waals surface area contributed by atoms with Crippen LogP contribution < -0.4 is 0 Å². The minimum absolute atomic E-state index is 0.305. The van der Waals surface area contributed by atoms with Gasteiger partial charge in [-0.2, -0.15) is 0 Å². The summed E-state index contributed by atoms with van der Waals surface area (Å²) in [5, 5.41) is 11.3. The van der Waals surface area contributed by atoms with Crippen molar-refractivity contribution < 1.29 is 13.5 Å². The largest absolute Gasteiger partial charge is 0.385 e. The molecule has 2 aromatic rings. The summed E-state index contributed by atoms with van der Waals surface area (Å²) in [6, 6.07) is 9.53. The molecule has 4 nitrogen and oxygen atoms in total. The normalized spacial score (nSPS) is 34.1. The van der Waals surface area contributed by atoms with Gasteiger partial charge >= 0.3 is 0 Å². The Morgan fingerprint density at radius 2 is 1.76 bits per heavy atom. The van der Waals surface area contributed by atoms with Gasteiger partial charge in [0.1, 0.15) is 0 Å². The van der Waals surface area contributed by atoms with Crippen molar-refractivity contribution in [2.24, 2.45) is 0 Å². The Balaban J connectivity index is 1.86. The Bertz CT molecular complexity index is 790. The van der Waals surface area contributed by atoms with Crippen molar-refractivity contribution in [3.05, 3.63) is 42.1 Å². The maximum absolute atomic E-state index is 12.2. The standard InChI is InChI=1S/C16H17NO3S/c18-16(9-11-5-6-12(10-16)21(11,19)20)14-7-8-17-15-4-2-1-3-13(14)15/h1-4,7-8,11-12,18H,5-6,9-10H2. The highest BCUT2D eigenvalue weighted by atomic mass is 32.2. The summed E-state index contributed by atoms with van der Waals surface area (Å²) >= 11 is 0. The number of hydrogen-bond donors (Lipinski definition) is 1. The van der Waals surface area contributed by atoms with Gasteiger partial charge in [-0.3, -0.25) is 4.98 Å². The molecule has 1 aromatic heterocycles. The van der Waals surface area contributed by atoms with Crippen LogP contribution in [0.4, 0.5) is 0 Å². The van der Waals surface area contributed by atoms with Crippen molar-refractivity contribution in [2.45, 2.75) is 41.8 Å². The van der Waals surface area contributed by atoms with E-state index in [2.05, 4.69) is 4.98 Å². The van der Waals surface area contributed by atoms with Gasteiger partial charge in [-0.15, -0.1) is 0 Å². The third kappa shape index (κ3) is 1.84. The molecule has 1 N–H and O–H groups in total. The Labute approximate surface area is 123 Å². The highest BCUT2D eigenvalue weighted by Gasteiger charge is 2.53. The van der Waals surface area contributed by atoms with E-state index in [9.17, 15) is 13.5 Å². The molecule has 2 fully saturated rings. The Morgan fingerprint density at radius 3 is 2.48 bits per heavy atom. The van der Waals surface area contributed by atoms with Crippen molar-refractivity contribution in [2.75, 3.05) is 0 Å². The summed E-state index contributed by atoms with van der Waals surface area (Å²) in [5.74, 6) is 0. The zero-order valence-corrected chi connectivity index (χ0v) is 12.4. The van der Waals surface area contributed by atoms with Crippen LogP contribution in [0.5, 0.6) is 0 Å². The highest BCUT2D eigenvalue weighted by Crippen LogP contribution is 2.48. The summed E-state index contributed by atoms with van der Waals surface area (Å²) in [5.41, 5.74) is 0.601. The van der Waals surface area contributed by atoms with Gasteiger partial charge in [0.2, 0.25) is 0 Å². The first kappa shape index (κ1) is 13.2. The van der Waals surface area contributed by atoms with Crippen LogP contribution in [-0.4, -0.2) is 29.0 Å². The predicted molar refractivity (Wildman–Crippen MR) is 80.6 cm³/mol. The van der Waals surface area contributed by atoms with E-state index in [4.69, 9.17) is 0 Å². The first-order chi connectivity index (χ1) is 10.0. The Kier molecular flexibility index (Phi) is 2.69. The Hall–Kier alpha value is -1.46. The molecule has 0 saturated carbocycles. The lowest BCUT2D eigenvalue weighted by Crippen LogP contribution is -2.43. The second-order valence-electron chi connectivity index (χ2n) is 6.23. The van der Waals surface area contributed by atoms with Gasteiger partial charge < -0.3 is 5.11 Å². The fraction of sp³-hybridized carbons (Fsp3) is 0.438. The molecule has 0 amide bonds. The van der Waals surface area contributed by atoms with Crippen LogP contribution in [0.3, 0.4) is 0 Å². The van der Waals surface area contributed by atoms with Crippen LogP contribution in [0.15, 0.2) is 36.5 Å². The molecule has 5 heteroatoms. The summed E-state index contributed by atoms with van der Waals surface area (Å²) in [6.07, 6.45) is 3.66. The average molecular weight is 303 g/mol. The lowest BCUT2D eigenvalue weighted by Gasteiger charge is -2.37. The quantitative estimate of drug-likeness (QED) is 0.876. The lowest BCUT2D eigenvalue weighted by molar-refractivity contribution is 0.0187. The molecule has 2 saturated heterocycles. The maximum atomic E-state index is 12.2. The molecule has 2 aliphatic rings. The summed E-state index contributed by atoms with van der Waals surface area (Å²) < 4.78 is 24.5. The zero-order valence-electron chi connectivity index (χ0n) is 11.6. The molecule has 2 bridgehead atoms. The van der Waals surface area contributed by atoms with Crippen molar-refractivity contribution in [1.29, 1.82) is 0 Å². The van der Waals surface area contributed by atoms with Crippen LogP contribution in [0.25, 0.3) is 10.9 Å². The number of hydrogen-bond acceptors (Lipinski definition) is 4. The van der Waals surface area contributed by atoms with E-state index in [0.29, 0.717) is 25.7 Å². The van der Waals surface area contributed by atoms with Gasteiger partial charge in [0.15, 0.2) is 9.84 Å². The molecular formula is C16H17NO3S. The topological polar surface area (TPSA) is 67.3 Å². The van der Waals surface area contributed by atoms with Gasteiger partial charge in [0, 0.05) is 11.6 Å². The predicted octanol–water partition coefficient (Wildman–Crippen LogP) is 2.16. The number of aromatic nitrogens is 1. The molecule has 2 atom stereocenters. The fourth-order valence-corrected chi connectivity index (χ4v) is 6.46. The number of pyridine rings is 1. The summed E-state index contributed by atoms with van der Waals surface area (Å²) in [4.78, 5) is 4.32.